The van der Waals surface area contributed by atoms with Crippen molar-refractivity contribution in [1.29, 1.82) is 0 Å². The van der Waals surface area contributed by atoms with E-state index in [1.807, 2.05) is 30.3 Å². The lowest BCUT2D eigenvalue weighted by atomic mass is 10.1. The van der Waals surface area contributed by atoms with E-state index in [0.717, 1.165) is 11.3 Å². The highest BCUT2D eigenvalue weighted by atomic mass is 16.6. The van der Waals surface area contributed by atoms with E-state index in [1.54, 1.807) is 32.2 Å². The van der Waals surface area contributed by atoms with Crippen molar-refractivity contribution in [3.05, 3.63) is 54.1 Å². The summed E-state index contributed by atoms with van der Waals surface area (Å²) in [7, 11) is 1.62. The Balaban J connectivity index is 1.43. The highest BCUT2D eigenvalue weighted by molar-refractivity contribution is 5.89. The molecule has 0 fully saturated rings. The van der Waals surface area contributed by atoms with Crippen molar-refractivity contribution in [1.82, 2.24) is 10.6 Å². The largest absolute Gasteiger partial charge is 0.497 e. The third-order valence-corrected chi connectivity index (χ3v) is 4.43. The zero-order valence-corrected chi connectivity index (χ0v) is 15.9. The summed E-state index contributed by atoms with van der Waals surface area (Å²) < 4.78 is 16.3. The Labute approximate surface area is 164 Å². The summed E-state index contributed by atoms with van der Waals surface area (Å²) in [5.74, 6) is 1.29. The molecular formula is C21H24N2O5. The molecule has 0 aliphatic carbocycles. The van der Waals surface area contributed by atoms with E-state index < -0.39 is 12.1 Å². The Bertz CT molecular complexity index is 822. The number of fused-ring (bicyclic) bond motifs is 1. The summed E-state index contributed by atoms with van der Waals surface area (Å²) in [6.07, 6.45) is -0.100. The molecule has 3 rings (SSSR count). The smallest absolute Gasteiger partial charge is 0.265 e. The molecule has 148 valence electrons. The van der Waals surface area contributed by atoms with Crippen molar-refractivity contribution >= 4 is 11.8 Å². The van der Waals surface area contributed by atoms with Gasteiger partial charge in [0.2, 0.25) is 12.0 Å². The zero-order chi connectivity index (χ0) is 19.9. The minimum atomic E-state index is -0.788. The van der Waals surface area contributed by atoms with Crippen LogP contribution >= 0.6 is 0 Å². The third kappa shape index (κ3) is 4.94. The van der Waals surface area contributed by atoms with Crippen LogP contribution in [0.5, 0.6) is 17.2 Å². The Hall–Kier alpha value is -3.22. The molecule has 7 nitrogen and oxygen atoms in total. The number of nitrogens with one attached hydrogen (secondary N) is 2. The molecule has 2 N–H and O–H groups in total. The van der Waals surface area contributed by atoms with Crippen LogP contribution in [0.4, 0.5) is 0 Å². The fourth-order valence-electron chi connectivity index (χ4n) is 2.80. The summed E-state index contributed by atoms with van der Waals surface area (Å²) in [6, 6.07) is 14.1. The minimum absolute atomic E-state index is 0.106. The average molecular weight is 384 g/mol. The van der Waals surface area contributed by atoms with Gasteiger partial charge in [0.15, 0.2) is 11.5 Å². The molecule has 0 spiro atoms. The molecule has 2 amide bonds. The number of hydrogen-bond acceptors (Lipinski definition) is 5. The van der Waals surface area contributed by atoms with Crippen molar-refractivity contribution < 1.29 is 23.8 Å². The van der Waals surface area contributed by atoms with Gasteiger partial charge in [-0.3, -0.25) is 9.59 Å². The molecule has 1 heterocycles. The molecule has 28 heavy (non-hydrogen) atoms. The number of rotatable bonds is 7. The summed E-state index contributed by atoms with van der Waals surface area (Å²) in [6.45, 7) is 2.22. The number of amides is 2. The Morgan fingerprint density at radius 3 is 2.57 bits per heavy atom. The number of para-hydroxylation sites is 2. The van der Waals surface area contributed by atoms with Crippen molar-refractivity contribution in [3.8, 4) is 17.2 Å². The molecule has 0 aromatic heterocycles. The summed E-state index contributed by atoms with van der Waals surface area (Å²) in [4.78, 5) is 24.6. The van der Waals surface area contributed by atoms with Crippen LogP contribution in [0.25, 0.3) is 0 Å². The Kier molecular flexibility index (Phi) is 6.37. The van der Waals surface area contributed by atoms with Crippen LogP contribution in [0.15, 0.2) is 48.5 Å². The van der Waals surface area contributed by atoms with Crippen molar-refractivity contribution in [2.24, 2.45) is 0 Å². The van der Waals surface area contributed by atoms with Gasteiger partial charge in [0.25, 0.3) is 5.91 Å². The number of hydrogen-bond donors (Lipinski definition) is 2. The first-order chi connectivity index (χ1) is 13.6. The Morgan fingerprint density at radius 2 is 1.86 bits per heavy atom. The predicted octanol–water partition coefficient (Wildman–Crippen LogP) is 1.70. The molecular weight excluding hydrogens is 360 g/mol. The normalized spacial score (nSPS) is 16.0. The zero-order valence-electron chi connectivity index (χ0n) is 15.9. The number of carbonyl (C=O) groups is 2. The second-order valence-corrected chi connectivity index (χ2v) is 6.48. The van der Waals surface area contributed by atoms with Crippen LogP contribution in [0.2, 0.25) is 0 Å². The van der Waals surface area contributed by atoms with E-state index in [9.17, 15) is 9.59 Å². The number of methoxy groups -OCH3 is 1. The van der Waals surface area contributed by atoms with Crippen molar-refractivity contribution in [3.63, 3.8) is 0 Å². The molecule has 0 bridgehead atoms. The fourth-order valence-corrected chi connectivity index (χ4v) is 2.80. The first-order valence-corrected chi connectivity index (χ1v) is 9.16. The quantitative estimate of drug-likeness (QED) is 0.759. The van der Waals surface area contributed by atoms with E-state index >= 15 is 0 Å². The molecule has 7 heteroatoms. The van der Waals surface area contributed by atoms with Gasteiger partial charge in [0.05, 0.1) is 7.11 Å². The van der Waals surface area contributed by atoms with Crippen LogP contribution in [0.3, 0.4) is 0 Å². The second-order valence-electron chi connectivity index (χ2n) is 6.48. The van der Waals surface area contributed by atoms with Crippen LogP contribution in [0, 0.1) is 0 Å². The third-order valence-electron chi connectivity index (χ3n) is 4.43. The van der Waals surface area contributed by atoms with Gasteiger partial charge < -0.3 is 24.8 Å². The number of carbonyl (C=O) groups excluding carboxylic acids is 2. The van der Waals surface area contributed by atoms with E-state index in [2.05, 4.69) is 10.6 Å². The topological polar surface area (TPSA) is 85.9 Å². The van der Waals surface area contributed by atoms with Crippen molar-refractivity contribution in [2.75, 3.05) is 20.3 Å². The monoisotopic (exact) mass is 384 g/mol. The average Bonchev–Trinajstić information content (AvgIpc) is 2.73. The molecule has 1 aliphatic rings. The van der Waals surface area contributed by atoms with Gasteiger partial charge in [-0.1, -0.05) is 24.3 Å². The minimum Gasteiger partial charge on any atom is -0.497 e. The lowest BCUT2D eigenvalue weighted by Crippen LogP contribution is -2.51. The highest BCUT2D eigenvalue weighted by Crippen LogP contribution is 2.30. The number of ether oxygens (including phenoxy) is 3. The lowest BCUT2D eigenvalue weighted by Gasteiger charge is -2.26. The summed E-state index contributed by atoms with van der Waals surface area (Å²) in [5, 5.41) is 5.50. The van der Waals surface area contributed by atoms with Crippen LogP contribution in [-0.4, -0.2) is 44.2 Å². The van der Waals surface area contributed by atoms with Gasteiger partial charge in [0.1, 0.15) is 18.4 Å². The van der Waals surface area contributed by atoms with Gasteiger partial charge in [0, 0.05) is 6.54 Å². The predicted molar refractivity (Wildman–Crippen MR) is 104 cm³/mol. The van der Waals surface area contributed by atoms with Gasteiger partial charge >= 0.3 is 0 Å². The maximum Gasteiger partial charge on any atom is 0.265 e. The van der Waals surface area contributed by atoms with Gasteiger partial charge in [-0.2, -0.15) is 0 Å². The van der Waals surface area contributed by atoms with Gasteiger partial charge in [-0.05, 0) is 43.2 Å². The molecule has 0 saturated heterocycles. The van der Waals surface area contributed by atoms with Gasteiger partial charge in [-0.15, -0.1) is 0 Å². The summed E-state index contributed by atoms with van der Waals surface area (Å²) >= 11 is 0. The maximum absolute atomic E-state index is 12.4. The Morgan fingerprint density at radius 1 is 1.14 bits per heavy atom. The van der Waals surface area contributed by atoms with E-state index in [4.69, 9.17) is 14.2 Å². The van der Waals surface area contributed by atoms with E-state index in [0.29, 0.717) is 24.5 Å². The molecule has 2 aromatic carbocycles. The molecule has 2 aromatic rings. The first kappa shape index (κ1) is 19.5. The molecule has 2 atom stereocenters. The highest BCUT2D eigenvalue weighted by Gasteiger charge is 2.29. The standard InChI is InChI=1S/C21H24N2O5/c1-14(20(24)22-12-11-15-7-9-16(26-2)10-8-15)23-21(25)19-13-27-17-5-3-4-6-18(17)28-19/h3-10,14,19H,11-13H2,1-2H3,(H,22,24)(H,23,25)/t14-,19?/m1/s1. The van der Waals surface area contributed by atoms with Gasteiger partial charge in [-0.25, -0.2) is 0 Å². The first-order valence-electron chi connectivity index (χ1n) is 9.16. The maximum atomic E-state index is 12.4. The lowest BCUT2D eigenvalue weighted by molar-refractivity contribution is -0.134. The summed E-state index contributed by atoms with van der Waals surface area (Å²) in [5.41, 5.74) is 1.09. The van der Waals surface area contributed by atoms with Crippen molar-refractivity contribution in [2.45, 2.75) is 25.5 Å². The number of benzene rings is 2. The molecule has 1 aliphatic heterocycles. The molecule has 0 radical (unpaired) electrons. The molecule has 0 saturated carbocycles. The van der Waals surface area contributed by atoms with Crippen LogP contribution in [-0.2, 0) is 16.0 Å². The molecule has 1 unspecified atom stereocenters. The SMILES string of the molecule is COc1ccc(CCNC(=O)[C@@H](C)NC(=O)C2COc3ccccc3O2)cc1. The fraction of sp³-hybridized carbons (Fsp3) is 0.333. The second kappa shape index (κ2) is 9.12. The van der Waals surface area contributed by atoms with E-state index in [-0.39, 0.29) is 18.4 Å². The van der Waals surface area contributed by atoms with E-state index in [1.165, 1.54) is 0 Å². The van der Waals surface area contributed by atoms with Crippen LogP contribution in [0.1, 0.15) is 12.5 Å². The van der Waals surface area contributed by atoms with Crippen LogP contribution < -0.4 is 24.8 Å².